The summed E-state index contributed by atoms with van der Waals surface area (Å²) >= 11 is 0. The predicted molar refractivity (Wildman–Crippen MR) is 79.9 cm³/mol. The van der Waals surface area contributed by atoms with Gasteiger partial charge in [0.25, 0.3) is 0 Å². The molecule has 0 aromatic heterocycles. The highest BCUT2D eigenvalue weighted by molar-refractivity contribution is 5.42. The molecule has 5 nitrogen and oxygen atoms in total. The maximum absolute atomic E-state index is 9.07. The average molecular weight is 287 g/mol. The van der Waals surface area contributed by atoms with E-state index in [4.69, 9.17) is 20.0 Å². The van der Waals surface area contributed by atoms with Crippen molar-refractivity contribution < 1.29 is 9.47 Å². The van der Waals surface area contributed by atoms with Gasteiger partial charge in [-0.25, -0.2) is 0 Å². The SMILES string of the molecule is COc1ccc(OC)c([C@H](C)NC[C@H](C#N)CCC#N)c1. The Labute approximate surface area is 126 Å². The van der Waals surface area contributed by atoms with Crippen LogP contribution in [0.1, 0.15) is 31.4 Å². The highest BCUT2D eigenvalue weighted by Gasteiger charge is 2.15. The summed E-state index contributed by atoms with van der Waals surface area (Å²) in [6.07, 6.45) is 0.985. The van der Waals surface area contributed by atoms with Crippen molar-refractivity contribution in [1.29, 1.82) is 10.5 Å². The second-order valence-electron chi connectivity index (χ2n) is 4.76. The highest BCUT2D eigenvalue weighted by Crippen LogP contribution is 2.29. The van der Waals surface area contributed by atoms with Crippen LogP contribution in [0, 0.1) is 28.6 Å². The Kier molecular flexibility index (Phi) is 7.08. The number of rotatable bonds is 8. The predicted octanol–water partition coefficient (Wildman–Crippen LogP) is 2.80. The molecular weight excluding hydrogens is 266 g/mol. The summed E-state index contributed by atoms with van der Waals surface area (Å²) in [5, 5.41) is 21.0. The summed E-state index contributed by atoms with van der Waals surface area (Å²) in [6, 6.07) is 9.95. The molecule has 0 saturated carbocycles. The first-order chi connectivity index (χ1) is 10.2. The van der Waals surface area contributed by atoms with Crippen LogP contribution >= 0.6 is 0 Å². The Morgan fingerprint density at radius 2 is 2.00 bits per heavy atom. The van der Waals surface area contributed by atoms with Gasteiger partial charge in [-0.1, -0.05) is 0 Å². The van der Waals surface area contributed by atoms with E-state index >= 15 is 0 Å². The summed E-state index contributed by atoms with van der Waals surface area (Å²) in [7, 11) is 3.25. The summed E-state index contributed by atoms with van der Waals surface area (Å²) in [6.45, 7) is 2.55. The van der Waals surface area contributed by atoms with E-state index < -0.39 is 0 Å². The van der Waals surface area contributed by atoms with Crippen LogP contribution < -0.4 is 14.8 Å². The van der Waals surface area contributed by atoms with Crippen LogP contribution in [0.4, 0.5) is 0 Å². The lowest BCUT2D eigenvalue weighted by atomic mass is 10.0. The van der Waals surface area contributed by atoms with Crippen molar-refractivity contribution in [3.63, 3.8) is 0 Å². The lowest BCUT2D eigenvalue weighted by Gasteiger charge is -2.19. The molecule has 0 aliphatic carbocycles. The van der Waals surface area contributed by atoms with Gasteiger partial charge >= 0.3 is 0 Å². The van der Waals surface area contributed by atoms with Crippen LogP contribution in [-0.4, -0.2) is 20.8 Å². The molecule has 0 saturated heterocycles. The van der Waals surface area contributed by atoms with Gasteiger partial charge in [-0.05, 0) is 31.5 Å². The number of hydrogen-bond acceptors (Lipinski definition) is 5. The molecule has 1 aromatic carbocycles. The molecule has 21 heavy (non-hydrogen) atoms. The third kappa shape index (κ3) is 4.98. The van der Waals surface area contributed by atoms with Gasteiger partial charge in [-0.2, -0.15) is 10.5 Å². The fourth-order valence-corrected chi connectivity index (χ4v) is 2.06. The van der Waals surface area contributed by atoms with Gasteiger partial charge in [-0.15, -0.1) is 0 Å². The third-order valence-electron chi connectivity index (χ3n) is 3.36. The first-order valence-corrected chi connectivity index (χ1v) is 6.88. The zero-order chi connectivity index (χ0) is 15.7. The molecule has 0 aliphatic heterocycles. The number of benzene rings is 1. The minimum Gasteiger partial charge on any atom is -0.497 e. The first-order valence-electron chi connectivity index (χ1n) is 6.88. The maximum Gasteiger partial charge on any atom is 0.123 e. The number of nitrogens with zero attached hydrogens (tertiary/aromatic N) is 2. The van der Waals surface area contributed by atoms with Gasteiger partial charge < -0.3 is 14.8 Å². The van der Waals surface area contributed by atoms with Crippen LogP contribution in [0.2, 0.25) is 0 Å². The fourth-order valence-electron chi connectivity index (χ4n) is 2.06. The van der Waals surface area contributed by atoms with Crippen LogP contribution in [0.25, 0.3) is 0 Å². The lowest BCUT2D eigenvalue weighted by Crippen LogP contribution is -2.25. The van der Waals surface area contributed by atoms with Crippen molar-refractivity contribution in [2.45, 2.75) is 25.8 Å². The number of hydrogen-bond donors (Lipinski definition) is 1. The average Bonchev–Trinajstić information content (AvgIpc) is 2.54. The third-order valence-corrected chi connectivity index (χ3v) is 3.36. The topological polar surface area (TPSA) is 78.1 Å². The number of nitriles is 2. The van der Waals surface area contributed by atoms with Gasteiger partial charge in [0.2, 0.25) is 0 Å². The Morgan fingerprint density at radius 3 is 2.57 bits per heavy atom. The van der Waals surface area contributed by atoms with E-state index in [-0.39, 0.29) is 12.0 Å². The van der Waals surface area contributed by atoms with E-state index in [1.165, 1.54) is 0 Å². The van der Waals surface area contributed by atoms with Crippen molar-refractivity contribution in [2.75, 3.05) is 20.8 Å². The molecule has 0 amide bonds. The van der Waals surface area contributed by atoms with Crippen molar-refractivity contribution in [2.24, 2.45) is 5.92 Å². The minimum atomic E-state index is -0.163. The number of methoxy groups -OCH3 is 2. The number of nitrogens with one attached hydrogen (secondary N) is 1. The summed E-state index contributed by atoms with van der Waals surface area (Å²) in [5.74, 6) is 1.38. The molecule has 0 fully saturated rings. The first kappa shape index (κ1) is 16.8. The molecule has 1 aromatic rings. The van der Waals surface area contributed by atoms with E-state index in [0.717, 1.165) is 17.1 Å². The monoisotopic (exact) mass is 287 g/mol. The molecule has 0 heterocycles. The van der Waals surface area contributed by atoms with Crippen molar-refractivity contribution in [3.05, 3.63) is 23.8 Å². The molecule has 112 valence electrons. The Balaban J connectivity index is 2.72. The maximum atomic E-state index is 9.07. The minimum absolute atomic E-state index is 0.0213. The standard InChI is InChI=1S/C16H21N3O2/c1-12(19-11-13(10-18)5-4-8-17)15-9-14(20-2)6-7-16(15)21-3/h6-7,9,12-13,19H,4-5,11H2,1-3H3/t12-,13-/m0/s1. The summed E-state index contributed by atoms with van der Waals surface area (Å²) < 4.78 is 10.6. The largest absolute Gasteiger partial charge is 0.497 e. The van der Waals surface area contributed by atoms with Gasteiger partial charge in [0.1, 0.15) is 11.5 Å². The summed E-state index contributed by atoms with van der Waals surface area (Å²) in [5.41, 5.74) is 0.980. The molecule has 0 aliphatic rings. The zero-order valence-electron chi connectivity index (χ0n) is 12.7. The van der Waals surface area contributed by atoms with E-state index in [2.05, 4.69) is 17.5 Å². The molecule has 1 rings (SSSR count). The molecule has 0 bridgehead atoms. The van der Waals surface area contributed by atoms with E-state index in [0.29, 0.717) is 19.4 Å². The Morgan fingerprint density at radius 1 is 1.24 bits per heavy atom. The molecule has 5 heteroatoms. The second-order valence-corrected chi connectivity index (χ2v) is 4.76. The van der Waals surface area contributed by atoms with Gasteiger partial charge in [0.15, 0.2) is 0 Å². The van der Waals surface area contributed by atoms with Crippen LogP contribution in [-0.2, 0) is 0 Å². The van der Waals surface area contributed by atoms with Crippen molar-refractivity contribution in [1.82, 2.24) is 5.32 Å². The highest BCUT2D eigenvalue weighted by atomic mass is 16.5. The molecule has 1 N–H and O–H groups in total. The smallest absolute Gasteiger partial charge is 0.123 e. The number of ether oxygens (including phenoxy) is 2. The van der Waals surface area contributed by atoms with E-state index in [9.17, 15) is 0 Å². The van der Waals surface area contributed by atoms with Gasteiger partial charge in [-0.3, -0.25) is 0 Å². The quantitative estimate of drug-likeness (QED) is 0.795. The van der Waals surface area contributed by atoms with Gasteiger partial charge in [0, 0.05) is 24.6 Å². The zero-order valence-corrected chi connectivity index (χ0v) is 12.7. The Hall–Kier alpha value is -2.24. The lowest BCUT2D eigenvalue weighted by molar-refractivity contribution is 0.389. The van der Waals surface area contributed by atoms with Crippen LogP contribution in [0.3, 0.4) is 0 Å². The fraction of sp³-hybridized carbons (Fsp3) is 0.500. The van der Waals surface area contributed by atoms with Crippen molar-refractivity contribution >= 4 is 0 Å². The normalized spacial score (nSPS) is 12.8. The molecule has 0 radical (unpaired) electrons. The second kappa shape index (κ2) is 8.84. The van der Waals surface area contributed by atoms with Crippen molar-refractivity contribution in [3.8, 4) is 23.6 Å². The molecular formula is C16H21N3O2. The van der Waals surface area contributed by atoms with Crippen LogP contribution in [0.5, 0.6) is 11.5 Å². The molecule has 2 atom stereocenters. The summed E-state index contributed by atoms with van der Waals surface area (Å²) in [4.78, 5) is 0. The van der Waals surface area contributed by atoms with Crippen LogP contribution in [0.15, 0.2) is 18.2 Å². The molecule has 0 spiro atoms. The Bertz CT molecular complexity index is 531. The van der Waals surface area contributed by atoms with Gasteiger partial charge in [0.05, 0.1) is 32.3 Å². The molecule has 0 unspecified atom stereocenters. The van der Waals surface area contributed by atoms with E-state index in [1.807, 2.05) is 25.1 Å². The van der Waals surface area contributed by atoms with E-state index in [1.54, 1.807) is 14.2 Å².